The first kappa shape index (κ1) is 22.2. The van der Waals surface area contributed by atoms with Crippen LogP contribution in [-0.2, 0) is 11.0 Å². The van der Waals surface area contributed by atoms with E-state index in [0.717, 1.165) is 64.0 Å². The van der Waals surface area contributed by atoms with Crippen molar-refractivity contribution in [2.45, 2.75) is 51.2 Å². The van der Waals surface area contributed by atoms with Crippen molar-refractivity contribution >= 4 is 23.3 Å². The summed E-state index contributed by atoms with van der Waals surface area (Å²) in [6.07, 6.45) is 1.96. The molecule has 2 fully saturated rings. The number of piperazine rings is 1. The molecule has 1 amide bonds. The van der Waals surface area contributed by atoms with E-state index in [2.05, 4.69) is 15.2 Å². The molecule has 1 aromatic heterocycles. The summed E-state index contributed by atoms with van der Waals surface area (Å²) < 4.78 is 38.3. The molecule has 0 radical (unpaired) electrons. The fourth-order valence-corrected chi connectivity index (χ4v) is 4.54. The molecule has 1 aliphatic carbocycles. The predicted molar refractivity (Wildman–Crippen MR) is 107 cm³/mol. The largest absolute Gasteiger partial charge is 0.417 e. The Kier molecular flexibility index (Phi) is 7.27. The van der Waals surface area contributed by atoms with Crippen LogP contribution in [0.15, 0.2) is 12.3 Å². The molecular formula is C20H28ClF3N4O. The Bertz CT molecular complexity index is 699. The van der Waals surface area contributed by atoms with Gasteiger partial charge in [0.05, 0.1) is 10.6 Å². The van der Waals surface area contributed by atoms with Gasteiger partial charge < -0.3 is 10.2 Å². The number of carbonyl (C=O) groups excluding carboxylic acids is 1. The van der Waals surface area contributed by atoms with E-state index in [-0.39, 0.29) is 10.9 Å². The van der Waals surface area contributed by atoms with E-state index in [4.69, 9.17) is 11.6 Å². The lowest BCUT2D eigenvalue weighted by atomic mass is 9.84. The topological polar surface area (TPSA) is 48.5 Å². The molecule has 2 heterocycles. The second-order valence-electron chi connectivity index (χ2n) is 8.06. The van der Waals surface area contributed by atoms with Crippen LogP contribution in [0.3, 0.4) is 0 Å². The van der Waals surface area contributed by atoms with E-state index in [1.807, 2.05) is 4.90 Å². The summed E-state index contributed by atoms with van der Waals surface area (Å²) in [6.45, 7) is 5.69. The van der Waals surface area contributed by atoms with Crippen molar-refractivity contribution in [3.05, 3.63) is 22.8 Å². The predicted octanol–water partition coefficient (Wildman–Crippen LogP) is 3.96. The van der Waals surface area contributed by atoms with Gasteiger partial charge in [0.25, 0.3) is 0 Å². The van der Waals surface area contributed by atoms with Gasteiger partial charge in [-0.3, -0.25) is 9.69 Å². The van der Waals surface area contributed by atoms with Crippen molar-refractivity contribution in [2.75, 3.05) is 37.6 Å². The number of pyridine rings is 1. The lowest BCUT2D eigenvalue weighted by Crippen LogP contribution is -2.47. The van der Waals surface area contributed by atoms with E-state index >= 15 is 0 Å². The van der Waals surface area contributed by atoms with Crippen LogP contribution >= 0.6 is 11.6 Å². The van der Waals surface area contributed by atoms with Crippen LogP contribution in [0, 0.1) is 5.92 Å². The zero-order chi connectivity index (χ0) is 21.0. The quantitative estimate of drug-likeness (QED) is 0.765. The Morgan fingerprint density at radius 3 is 2.41 bits per heavy atom. The van der Waals surface area contributed by atoms with Crippen molar-refractivity contribution in [3.8, 4) is 0 Å². The third kappa shape index (κ3) is 6.22. The van der Waals surface area contributed by atoms with Gasteiger partial charge in [-0.1, -0.05) is 11.6 Å². The van der Waals surface area contributed by atoms with Crippen molar-refractivity contribution in [1.82, 2.24) is 15.2 Å². The number of anilines is 1. The number of hydrogen-bond donors (Lipinski definition) is 1. The number of nitrogens with zero attached hydrogens (tertiary/aromatic N) is 3. The maximum Gasteiger partial charge on any atom is 0.417 e. The highest BCUT2D eigenvalue weighted by atomic mass is 35.5. The number of aromatic nitrogens is 1. The van der Waals surface area contributed by atoms with Crippen LogP contribution in [0.5, 0.6) is 0 Å². The molecule has 29 heavy (non-hydrogen) atoms. The smallest absolute Gasteiger partial charge is 0.354 e. The summed E-state index contributed by atoms with van der Waals surface area (Å²) in [7, 11) is 0. The van der Waals surface area contributed by atoms with Crippen molar-refractivity contribution in [1.29, 1.82) is 0 Å². The lowest BCUT2D eigenvalue weighted by molar-refractivity contribution is -0.137. The minimum atomic E-state index is -4.44. The molecule has 2 aliphatic rings. The molecule has 1 aromatic rings. The van der Waals surface area contributed by atoms with Gasteiger partial charge in [-0.15, -0.1) is 0 Å². The monoisotopic (exact) mass is 432 g/mol. The van der Waals surface area contributed by atoms with E-state index in [0.29, 0.717) is 30.9 Å². The Balaban J connectivity index is 1.42. The third-order valence-corrected chi connectivity index (χ3v) is 6.21. The van der Waals surface area contributed by atoms with Crippen molar-refractivity contribution in [2.24, 2.45) is 5.92 Å². The van der Waals surface area contributed by atoms with Gasteiger partial charge in [0.2, 0.25) is 5.91 Å². The standard InChI is InChI=1S/C20H28ClF3N4O/c1-14(29)26-17-4-2-15(3-5-17)6-7-27-8-10-28(11-9-27)19-18(21)12-16(13-25-19)20(22,23)24/h12-13,15,17H,2-11H2,1H3,(H,26,29). The Labute approximate surface area is 174 Å². The first-order valence-electron chi connectivity index (χ1n) is 10.2. The molecule has 0 aromatic carbocycles. The van der Waals surface area contributed by atoms with Gasteiger partial charge in [-0.05, 0) is 50.6 Å². The van der Waals surface area contributed by atoms with Crippen LogP contribution in [0.25, 0.3) is 0 Å². The molecule has 0 atom stereocenters. The highest BCUT2D eigenvalue weighted by Crippen LogP contribution is 2.34. The molecule has 1 N–H and O–H groups in total. The molecule has 1 saturated heterocycles. The second-order valence-corrected chi connectivity index (χ2v) is 8.47. The normalized spacial score (nSPS) is 23.8. The maximum absolute atomic E-state index is 12.8. The number of halogens is 4. The van der Waals surface area contributed by atoms with Crippen LogP contribution in [0.1, 0.15) is 44.6 Å². The molecule has 0 spiro atoms. The minimum Gasteiger partial charge on any atom is -0.354 e. The number of alkyl halides is 3. The summed E-state index contributed by atoms with van der Waals surface area (Å²) in [4.78, 5) is 19.5. The van der Waals surface area contributed by atoms with E-state index in [1.54, 1.807) is 6.92 Å². The Morgan fingerprint density at radius 1 is 1.21 bits per heavy atom. The average molecular weight is 433 g/mol. The van der Waals surface area contributed by atoms with Gasteiger partial charge in [0, 0.05) is 45.3 Å². The summed E-state index contributed by atoms with van der Waals surface area (Å²) in [5.41, 5.74) is -0.821. The molecule has 0 unspecified atom stereocenters. The molecule has 3 rings (SSSR count). The van der Waals surface area contributed by atoms with E-state index in [9.17, 15) is 18.0 Å². The highest BCUT2D eigenvalue weighted by molar-refractivity contribution is 6.33. The Hall–Kier alpha value is -1.54. The fraction of sp³-hybridized carbons (Fsp3) is 0.700. The summed E-state index contributed by atoms with van der Waals surface area (Å²) in [5, 5.41) is 3.06. The number of amides is 1. The number of hydrogen-bond acceptors (Lipinski definition) is 4. The molecular weight excluding hydrogens is 405 g/mol. The zero-order valence-corrected chi connectivity index (χ0v) is 17.4. The van der Waals surface area contributed by atoms with E-state index < -0.39 is 11.7 Å². The van der Waals surface area contributed by atoms with E-state index in [1.165, 1.54) is 0 Å². The van der Waals surface area contributed by atoms with Crippen LogP contribution < -0.4 is 10.2 Å². The van der Waals surface area contributed by atoms with Crippen molar-refractivity contribution in [3.63, 3.8) is 0 Å². The molecule has 1 aliphatic heterocycles. The molecule has 162 valence electrons. The SMILES string of the molecule is CC(=O)NC1CCC(CCN2CCN(c3ncc(C(F)(F)F)cc3Cl)CC2)CC1. The minimum absolute atomic E-state index is 0.0456. The lowest BCUT2D eigenvalue weighted by Gasteiger charge is -2.37. The van der Waals surface area contributed by atoms with Gasteiger partial charge in [0.15, 0.2) is 0 Å². The first-order chi connectivity index (χ1) is 13.7. The number of carbonyl (C=O) groups is 1. The van der Waals surface area contributed by atoms with Crippen LogP contribution in [0.2, 0.25) is 5.02 Å². The molecule has 5 nitrogen and oxygen atoms in total. The summed E-state index contributed by atoms with van der Waals surface area (Å²) >= 11 is 6.07. The van der Waals surface area contributed by atoms with Crippen molar-refractivity contribution < 1.29 is 18.0 Å². The third-order valence-electron chi connectivity index (χ3n) is 5.93. The molecule has 1 saturated carbocycles. The van der Waals surface area contributed by atoms with Crippen LogP contribution in [0.4, 0.5) is 19.0 Å². The van der Waals surface area contributed by atoms with Gasteiger partial charge >= 0.3 is 6.18 Å². The average Bonchev–Trinajstić information content (AvgIpc) is 2.67. The van der Waals surface area contributed by atoms with Gasteiger partial charge in [-0.2, -0.15) is 13.2 Å². The zero-order valence-electron chi connectivity index (χ0n) is 16.6. The maximum atomic E-state index is 12.8. The number of rotatable bonds is 5. The van der Waals surface area contributed by atoms with Crippen LogP contribution in [-0.4, -0.2) is 54.6 Å². The summed E-state index contributed by atoms with van der Waals surface area (Å²) in [6, 6.07) is 1.28. The fourth-order valence-electron chi connectivity index (χ4n) is 4.25. The first-order valence-corrected chi connectivity index (χ1v) is 10.6. The highest BCUT2D eigenvalue weighted by Gasteiger charge is 2.32. The summed E-state index contributed by atoms with van der Waals surface area (Å²) in [5.74, 6) is 1.17. The van der Waals surface area contributed by atoms with Gasteiger partial charge in [0.1, 0.15) is 5.82 Å². The molecule has 0 bridgehead atoms. The second kappa shape index (κ2) is 9.51. The number of nitrogens with one attached hydrogen (secondary N) is 1. The Morgan fingerprint density at radius 2 is 1.86 bits per heavy atom. The molecule has 9 heteroatoms. The van der Waals surface area contributed by atoms with Gasteiger partial charge in [-0.25, -0.2) is 4.98 Å².